The van der Waals surface area contributed by atoms with Gasteiger partial charge in [0.25, 0.3) is 0 Å². The van der Waals surface area contributed by atoms with E-state index >= 15 is 0 Å². The van der Waals surface area contributed by atoms with Crippen LogP contribution in [0.2, 0.25) is 0 Å². The van der Waals surface area contributed by atoms with Gasteiger partial charge in [0.2, 0.25) is 5.91 Å². The van der Waals surface area contributed by atoms with Crippen molar-refractivity contribution in [2.24, 2.45) is 0 Å². The number of carbonyl (C=O) groups is 1. The van der Waals surface area contributed by atoms with Gasteiger partial charge in [-0.1, -0.05) is 11.1 Å². The summed E-state index contributed by atoms with van der Waals surface area (Å²) >= 11 is 0. The standard InChI is InChI=1S/C9H10N2O2/c1-3-7(2)10-9(12)6-8-4-5-13-11-8/h1,4-5,7H,6H2,2H3,(H,10,12). The number of nitrogens with one attached hydrogen (secondary N) is 1. The van der Waals surface area contributed by atoms with Crippen LogP contribution in [-0.2, 0) is 11.2 Å². The van der Waals surface area contributed by atoms with E-state index in [9.17, 15) is 4.79 Å². The highest BCUT2D eigenvalue weighted by molar-refractivity contribution is 5.78. The van der Waals surface area contributed by atoms with E-state index in [0.29, 0.717) is 5.69 Å². The van der Waals surface area contributed by atoms with Crippen molar-refractivity contribution >= 4 is 5.91 Å². The lowest BCUT2D eigenvalue weighted by Crippen LogP contribution is -2.32. The van der Waals surface area contributed by atoms with Gasteiger partial charge in [-0.05, 0) is 6.92 Å². The Labute approximate surface area is 76.3 Å². The molecule has 0 bridgehead atoms. The van der Waals surface area contributed by atoms with Crippen LogP contribution >= 0.6 is 0 Å². The van der Waals surface area contributed by atoms with Gasteiger partial charge >= 0.3 is 0 Å². The summed E-state index contributed by atoms with van der Waals surface area (Å²) in [7, 11) is 0. The van der Waals surface area contributed by atoms with Crippen molar-refractivity contribution in [3.05, 3.63) is 18.0 Å². The Morgan fingerprint density at radius 1 is 1.92 bits per heavy atom. The fraction of sp³-hybridized carbons (Fsp3) is 0.333. The highest BCUT2D eigenvalue weighted by Crippen LogP contribution is 1.95. The zero-order valence-electron chi connectivity index (χ0n) is 7.28. The topological polar surface area (TPSA) is 55.1 Å². The first kappa shape index (κ1) is 9.33. The van der Waals surface area contributed by atoms with Gasteiger partial charge in [0, 0.05) is 6.07 Å². The monoisotopic (exact) mass is 178 g/mol. The quantitative estimate of drug-likeness (QED) is 0.680. The van der Waals surface area contributed by atoms with Crippen LogP contribution in [0.15, 0.2) is 16.9 Å². The summed E-state index contributed by atoms with van der Waals surface area (Å²) in [6.07, 6.45) is 6.72. The Kier molecular flexibility index (Phi) is 3.09. The first-order valence-corrected chi connectivity index (χ1v) is 3.87. The molecule has 0 aliphatic rings. The third-order valence-corrected chi connectivity index (χ3v) is 1.46. The third-order valence-electron chi connectivity index (χ3n) is 1.46. The minimum Gasteiger partial charge on any atom is -0.364 e. The number of aromatic nitrogens is 1. The molecule has 4 nitrogen and oxygen atoms in total. The molecule has 0 spiro atoms. The van der Waals surface area contributed by atoms with E-state index in [0.717, 1.165) is 0 Å². The van der Waals surface area contributed by atoms with Gasteiger partial charge in [-0.2, -0.15) is 0 Å². The predicted molar refractivity (Wildman–Crippen MR) is 46.6 cm³/mol. The molecular weight excluding hydrogens is 168 g/mol. The van der Waals surface area contributed by atoms with Gasteiger partial charge in [0.05, 0.1) is 18.2 Å². The maximum atomic E-state index is 11.2. The van der Waals surface area contributed by atoms with E-state index in [1.165, 1.54) is 6.26 Å². The molecule has 13 heavy (non-hydrogen) atoms. The third kappa shape index (κ3) is 2.99. The summed E-state index contributed by atoms with van der Waals surface area (Å²) < 4.78 is 4.58. The SMILES string of the molecule is C#CC(C)NC(=O)Cc1ccon1. The van der Waals surface area contributed by atoms with E-state index in [1.54, 1.807) is 13.0 Å². The number of rotatable bonds is 3. The molecule has 0 aromatic carbocycles. The van der Waals surface area contributed by atoms with Crippen molar-refractivity contribution in [3.63, 3.8) is 0 Å². The summed E-state index contributed by atoms with van der Waals surface area (Å²) in [5, 5.41) is 6.21. The van der Waals surface area contributed by atoms with Gasteiger partial charge in [-0.3, -0.25) is 4.79 Å². The molecule has 68 valence electrons. The normalized spacial score (nSPS) is 11.7. The van der Waals surface area contributed by atoms with E-state index in [4.69, 9.17) is 6.42 Å². The molecule has 1 aromatic rings. The Bertz CT molecular complexity index is 311. The van der Waals surface area contributed by atoms with Crippen molar-refractivity contribution in [1.82, 2.24) is 10.5 Å². The number of carbonyl (C=O) groups excluding carboxylic acids is 1. The minimum atomic E-state index is -0.251. The van der Waals surface area contributed by atoms with Gasteiger partial charge in [0.1, 0.15) is 6.26 Å². The molecule has 0 aliphatic heterocycles. The van der Waals surface area contributed by atoms with Crippen LogP contribution in [0.25, 0.3) is 0 Å². The van der Waals surface area contributed by atoms with Crippen LogP contribution in [0, 0.1) is 12.3 Å². The lowest BCUT2D eigenvalue weighted by atomic mass is 10.2. The van der Waals surface area contributed by atoms with Crippen molar-refractivity contribution < 1.29 is 9.32 Å². The highest BCUT2D eigenvalue weighted by Gasteiger charge is 2.07. The van der Waals surface area contributed by atoms with Crippen LogP contribution in [0.1, 0.15) is 12.6 Å². The zero-order valence-corrected chi connectivity index (χ0v) is 7.28. The summed E-state index contributed by atoms with van der Waals surface area (Å²) in [4.78, 5) is 11.2. The Hall–Kier alpha value is -1.76. The molecule has 0 aliphatic carbocycles. The maximum absolute atomic E-state index is 11.2. The summed E-state index contributed by atoms with van der Waals surface area (Å²) in [6.45, 7) is 1.74. The molecule has 4 heteroatoms. The summed E-state index contributed by atoms with van der Waals surface area (Å²) in [5.41, 5.74) is 0.599. The van der Waals surface area contributed by atoms with E-state index in [1.807, 2.05) is 0 Å². The Balaban J connectivity index is 2.39. The largest absolute Gasteiger partial charge is 0.364 e. The van der Waals surface area contributed by atoms with Crippen LogP contribution in [0.5, 0.6) is 0 Å². The number of terminal acetylenes is 1. The molecule has 0 saturated carbocycles. The van der Waals surface area contributed by atoms with Gasteiger partial charge < -0.3 is 9.84 Å². The second-order valence-corrected chi connectivity index (χ2v) is 2.62. The number of amides is 1. The van der Waals surface area contributed by atoms with E-state index in [-0.39, 0.29) is 18.4 Å². The van der Waals surface area contributed by atoms with Crippen molar-refractivity contribution in [2.75, 3.05) is 0 Å². The first-order chi connectivity index (χ1) is 6.22. The molecule has 1 aromatic heterocycles. The average molecular weight is 178 g/mol. The second-order valence-electron chi connectivity index (χ2n) is 2.62. The van der Waals surface area contributed by atoms with Crippen LogP contribution < -0.4 is 5.32 Å². The Morgan fingerprint density at radius 3 is 3.23 bits per heavy atom. The highest BCUT2D eigenvalue weighted by atomic mass is 16.5. The molecule has 1 N–H and O–H groups in total. The lowest BCUT2D eigenvalue weighted by Gasteiger charge is -2.05. The van der Waals surface area contributed by atoms with E-state index in [2.05, 4.69) is 20.9 Å². The molecule has 1 rings (SSSR count). The van der Waals surface area contributed by atoms with Gasteiger partial charge in [0.15, 0.2) is 0 Å². The van der Waals surface area contributed by atoms with Gasteiger partial charge in [-0.15, -0.1) is 6.42 Å². The van der Waals surface area contributed by atoms with Crippen LogP contribution in [0.3, 0.4) is 0 Å². The molecule has 0 radical (unpaired) electrons. The van der Waals surface area contributed by atoms with Crippen LogP contribution in [0.4, 0.5) is 0 Å². The Morgan fingerprint density at radius 2 is 2.69 bits per heavy atom. The van der Waals surface area contributed by atoms with Gasteiger partial charge in [-0.25, -0.2) is 0 Å². The number of nitrogens with zero attached hydrogens (tertiary/aromatic N) is 1. The van der Waals surface area contributed by atoms with Crippen molar-refractivity contribution in [1.29, 1.82) is 0 Å². The van der Waals surface area contributed by atoms with Crippen molar-refractivity contribution in [3.8, 4) is 12.3 Å². The van der Waals surface area contributed by atoms with Crippen molar-refractivity contribution in [2.45, 2.75) is 19.4 Å². The summed E-state index contributed by atoms with van der Waals surface area (Å²) in [5.74, 6) is 2.25. The molecule has 1 amide bonds. The molecule has 0 saturated heterocycles. The smallest absolute Gasteiger partial charge is 0.227 e. The number of hydrogen-bond donors (Lipinski definition) is 1. The molecule has 0 fully saturated rings. The predicted octanol–water partition coefficient (Wildman–Crippen LogP) is 0.355. The fourth-order valence-electron chi connectivity index (χ4n) is 0.827. The fourth-order valence-corrected chi connectivity index (χ4v) is 0.827. The van der Waals surface area contributed by atoms with E-state index < -0.39 is 0 Å². The lowest BCUT2D eigenvalue weighted by molar-refractivity contribution is -0.120. The minimum absolute atomic E-state index is 0.153. The molecular formula is C9H10N2O2. The summed E-state index contributed by atoms with van der Waals surface area (Å²) in [6, 6.07) is 1.39. The molecule has 1 atom stereocenters. The zero-order chi connectivity index (χ0) is 9.68. The maximum Gasteiger partial charge on any atom is 0.227 e. The first-order valence-electron chi connectivity index (χ1n) is 3.87. The molecule has 1 heterocycles. The average Bonchev–Trinajstić information content (AvgIpc) is 2.56. The number of hydrogen-bond acceptors (Lipinski definition) is 3. The second kappa shape index (κ2) is 4.31. The van der Waals surface area contributed by atoms with Crippen LogP contribution in [-0.4, -0.2) is 17.1 Å². The molecule has 1 unspecified atom stereocenters.